The third kappa shape index (κ3) is 11.0. The van der Waals surface area contributed by atoms with Crippen molar-refractivity contribution in [3.8, 4) is 0 Å². The van der Waals surface area contributed by atoms with Gasteiger partial charge in [-0.1, -0.05) is 0 Å². The second kappa shape index (κ2) is 7.18. The van der Waals surface area contributed by atoms with Crippen LogP contribution in [0.15, 0.2) is 0 Å². The molecule has 0 heterocycles. The van der Waals surface area contributed by atoms with Gasteiger partial charge in [-0.2, -0.15) is 0 Å². The number of rotatable bonds is 2. The third-order valence-electron chi connectivity index (χ3n) is 0.500. The van der Waals surface area contributed by atoms with E-state index in [-0.39, 0.29) is 29.6 Å². The molecular weight excluding hydrogens is 115 g/mol. The van der Waals surface area contributed by atoms with Crippen molar-refractivity contribution in [3.05, 3.63) is 0 Å². The molecule has 0 radical (unpaired) electrons. The van der Waals surface area contributed by atoms with E-state index in [2.05, 4.69) is 13.1 Å². The van der Waals surface area contributed by atoms with E-state index in [9.17, 15) is 0 Å². The van der Waals surface area contributed by atoms with Crippen LogP contribution in [-0.2, 0) is 4.43 Å². The summed E-state index contributed by atoms with van der Waals surface area (Å²) in [5.41, 5.74) is 0. The molecule has 0 aliphatic rings. The Morgan fingerprint density at radius 2 is 1.86 bits per heavy atom. The fraction of sp³-hybridized carbons (Fsp3) is 1.00. The maximum absolute atomic E-state index is 5.18. The van der Waals surface area contributed by atoms with Crippen LogP contribution in [0.2, 0.25) is 13.1 Å². The standard InChI is InChI=1S/C4H12OSi.Na.H/c1-4-5-6(2)3;;/h6H,4H2,1-3H3;;. The summed E-state index contributed by atoms with van der Waals surface area (Å²) in [6.45, 7) is 7.27. The van der Waals surface area contributed by atoms with Crippen LogP contribution in [0.3, 0.4) is 0 Å². The monoisotopic (exact) mass is 128 g/mol. The molecule has 7 heavy (non-hydrogen) atoms. The van der Waals surface area contributed by atoms with E-state index in [4.69, 9.17) is 4.43 Å². The van der Waals surface area contributed by atoms with Crippen LogP contribution >= 0.6 is 0 Å². The van der Waals surface area contributed by atoms with Crippen LogP contribution in [-0.4, -0.2) is 45.2 Å². The third-order valence-corrected chi connectivity index (χ3v) is 1.50. The molecule has 0 aliphatic carbocycles. The van der Waals surface area contributed by atoms with Crippen LogP contribution in [0, 0.1) is 0 Å². The zero-order valence-electron chi connectivity index (χ0n) is 4.69. The second-order valence-electron chi connectivity index (χ2n) is 1.50. The van der Waals surface area contributed by atoms with Crippen molar-refractivity contribution in [2.75, 3.05) is 6.61 Å². The Bertz CT molecular complexity index is 32.9. The van der Waals surface area contributed by atoms with Gasteiger partial charge in [-0.15, -0.1) is 0 Å². The molecule has 40 valence electrons. The van der Waals surface area contributed by atoms with Gasteiger partial charge in [0, 0.05) is 6.61 Å². The van der Waals surface area contributed by atoms with E-state index < -0.39 is 9.04 Å². The van der Waals surface area contributed by atoms with E-state index >= 15 is 0 Å². The second-order valence-corrected chi connectivity index (χ2v) is 3.93. The molecule has 0 fully saturated rings. The van der Waals surface area contributed by atoms with E-state index in [0.717, 1.165) is 6.61 Å². The molecule has 0 aromatic rings. The van der Waals surface area contributed by atoms with Gasteiger partial charge in [0.05, 0.1) is 0 Å². The van der Waals surface area contributed by atoms with Gasteiger partial charge in [-0.3, -0.25) is 0 Å². The Morgan fingerprint density at radius 1 is 1.43 bits per heavy atom. The van der Waals surface area contributed by atoms with Crippen molar-refractivity contribution in [2.24, 2.45) is 0 Å². The summed E-state index contributed by atoms with van der Waals surface area (Å²) in [6, 6.07) is 0. The topological polar surface area (TPSA) is 9.23 Å². The van der Waals surface area contributed by atoms with Crippen molar-refractivity contribution in [3.63, 3.8) is 0 Å². The summed E-state index contributed by atoms with van der Waals surface area (Å²) in [6.07, 6.45) is 0. The number of hydrogen-bond donors (Lipinski definition) is 0. The summed E-state index contributed by atoms with van der Waals surface area (Å²) in [5.74, 6) is 0. The zero-order chi connectivity index (χ0) is 4.99. The van der Waals surface area contributed by atoms with Crippen LogP contribution in [0.4, 0.5) is 0 Å². The van der Waals surface area contributed by atoms with Gasteiger partial charge >= 0.3 is 29.6 Å². The first-order valence-corrected chi connectivity index (χ1v) is 5.17. The first-order chi connectivity index (χ1) is 2.77. The molecule has 0 saturated carbocycles. The summed E-state index contributed by atoms with van der Waals surface area (Å²) < 4.78 is 5.18. The van der Waals surface area contributed by atoms with Gasteiger partial charge in [-0.05, 0) is 20.0 Å². The zero-order valence-corrected chi connectivity index (χ0v) is 5.85. The minimum absolute atomic E-state index is 0. The predicted molar refractivity (Wildman–Crippen MR) is 37.7 cm³/mol. The summed E-state index contributed by atoms with van der Waals surface area (Å²) >= 11 is 0. The van der Waals surface area contributed by atoms with Crippen molar-refractivity contribution < 1.29 is 4.43 Å². The van der Waals surface area contributed by atoms with E-state index in [1.54, 1.807) is 0 Å². The Labute approximate surface area is 69.5 Å². The van der Waals surface area contributed by atoms with Crippen molar-refractivity contribution in [1.82, 2.24) is 0 Å². The quantitative estimate of drug-likeness (QED) is 0.488. The molecule has 0 amide bonds. The fourth-order valence-electron chi connectivity index (χ4n) is 0.333. The molecule has 0 spiro atoms. The Balaban J connectivity index is 0. The summed E-state index contributed by atoms with van der Waals surface area (Å²) in [5, 5.41) is 0. The Kier molecular flexibility index (Phi) is 11.3. The van der Waals surface area contributed by atoms with Gasteiger partial charge in [0.25, 0.3) is 0 Å². The van der Waals surface area contributed by atoms with Crippen LogP contribution in [0.25, 0.3) is 0 Å². The normalized spacial score (nSPS) is 8.57. The Morgan fingerprint density at radius 3 is 1.86 bits per heavy atom. The van der Waals surface area contributed by atoms with Gasteiger partial charge in [-0.25, -0.2) is 0 Å². The van der Waals surface area contributed by atoms with Crippen LogP contribution in [0.5, 0.6) is 0 Å². The van der Waals surface area contributed by atoms with E-state index in [1.807, 2.05) is 6.92 Å². The molecular formula is C4H13NaOSi. The first kappa shape index (κ1) is 11.0. The maximum atomic E-state index is 5.18. The molecule has 1 nitrogen and oxygen atoms in total. The van der Waals surface area contributed by atoms with Gasteiger partial charge in [0.1, 0.15) is 0 Å². The van der Waals surface area contributed by atoms with E-state index in [1.165, 1.54) is 0 Å². The van der Waals surface area contributed by atoms with Crippen LogP contribution < -0.4 is 0 Å². The van der Waals surface area contributed by atoms with Gasteiger partial charge < -0.3 is 4.43 Å². The SMILES string of the molecule is CCO[SiH](C)C.[NaH]. The summed E-state index contributed by atoms with van der Waals surface area (Å²) in [4.78, 5) is 0. The minimum atomic E-state index is -0.671. The fourth-order valence-corrected chi connectivity index (χ4v) is 1.00. The molecule has 0 N–H and O–H groups in total. The van der Waals surface area contributed by atoms with Crippen LogP contribution in [0.1, 0.15) is 6.92 Å². The molecule has 0 aromatic carbocycles. The van der Waals surface area contributed by atoms with Crippen molar-refractivity contribution in [2.45, 2.75) is 20.0 Å². The Hall–Kier alpha value is 1.18. The van der Waals surface area contributed by atoms with Gasteiger partial charge in [0.15, 0.2) is 9.04 Å². The molecule has 3 heteroatoms. The molecule has 0 aromatic heterocycles. The molecule has 0 bridgehead atoms. The molecule has 0 atom stereocenters. The van der Waals surface area contributed by atoms with Crippen molar-refractivity contribution in [1.29, 1.82) is 0 Å². The molecule has 0 aliphatic heterocycles. The predicted octanol–water partition coefficient (Wildman–Crippen LogP) is 0.358. The molecule has 0 unspecified atom stereocenters. The van der Waals surface area contributed by atoms with E-state index in [0.29, 0.717) is 0 Å². The first-order valence-electron chi connectivity index (χ1n) is 2.39. The molecule has 0 rings (SSSR count). The molecule has 0 saturated heterocycles. The number of hydrogen-bond acceptors (Lipinski definition) is 1. The summed E-state index contributed by atoms with van der Waals surface area (Å²) in [7, 11) is -0.671. The average Bonchev–Trinajstić information content (AvgIpc) is 1.35. The average molecular weight is 128 g/mol. The van der Waals surface area contributed by atoms with Crippen molar-refractivity contribution >= 4 is 38.6 Å². The van der Waals surface area contributed by atoms with Gasteiger partial charge in [0.2, 0.25) is 0 Å².